The number of hydrogen-bond acceptors (Lipinski definition) is 10. The highest BCUT2D eigenvalue weighted by molar-refractivity contribution is 5.99. The number of aromatic nitrogens is 6. The maximum absolute atomic E-state index is 14.4. The van der Waals surface area contributed by atoms with Crippen LogP contribution in [0, 0.1) is 5.82 Å². The van der Waals surface area contributed by atoms with Crippen LogP contribution >= 0.6 is 0 Å². The molecule has 0 unspecified atom stereocenters. The standard InChI is InChI=1S/C23H22FN9O3/c1-25-22(34)14-8-26-23-30-18-5-4-15(24)17(28-18)10-36-9-12-6-13(20-27-11-33(2)32-20)19(35-3)16(7-12)29-21(14)31-23/h4-8,11H,9-10H2,1-3H3,(H,25,34)(H2,26,28,29,30,31)/i1D3. The van der Waals surface area contributed by atoms with Crippen LogP contribution in [0.3, 0.4) is 0 Å². The Balaban J connectivity index is 1.68. The SMILES string of the molecule is [2H]C([2H])([2H])NC(=O)c1cnc2nc1Nc1cc(cc(-c3ncn(C)n3)c1OC)COCc1nc(ccc1F)N2. The number of carbonyl (C=O) groups is 1. The van der Waals surface area contributed by atoms with E-state index in [0.29, 0.717) is 28.4 Å². The van der Waals surface area contributed by atoms with E-state index in [1.807, 2.05) is 5.32 Å². The van der Waals surface area contributed by atoms with Gasteiger partial charge in [-0.05, 0) is 29.8 Å². The van der Waals surface area contributed by atoms with E-state index in [1.54, 1.807) is 19.2 Å². The van der Waals surface area contributed by atoms with Gasteiger partial charge in [-0.3, -0.25) is 9.48 Å². The zero-order valence-corrected chi connectivity index (χ0v) is 19.2. The van der Waals surface area contributed by atoms with Crippen LogP contribution in [-0.4, -0.2) is 49.7 Å². The number of methoxy groups -OCH3 is 1. The number of benzene rings is 1. The van der Waals surface area contributed by atoms with E-state index in [-0.39, 0.29) is 42.1 Å². The van der Waals surface area contributed by atoms with Crippen LogP contribution < -0.4 is 20.7 Å². The van der Waals surface area contributed by atoms with Crippen LogP contribution in [0.5, 0.6) is 5.75 Å². The molecule has 0 fully saturated rings. The van der Waals surface area contributed by atoms with Crippen LogP contribution in [0.1, 0.15) is 25.7 Å². The third kappa shape index (κ3) is 4.51. The molecule has 13 heteroatoms. The van der Waals surface area contributed by atoms with E-state index in [1.165, 1.54) is 30.3 Å². The van der Waals surface area contributed by atoms with Crippen molar-refractivity contribution in [3.05, 3.63) is 59.4 Å². The van der Waals surface area contributed by atoms with E-state index in [0.717, 1.165) is 6.20 Å². The average molecular weight is 495 g/mol. The number of carbonyl (C=O) groups excluding carboxylic acids is 1. The Bertz CT molecular complexity index is 1560. The van der Waals surface area contributed by atoms with Crippen molar-refractivity contribution >= 4 is 29.2 Å². The molecule has 3 aromatic heterocycles. The highest BCUT2D eigenvalue weighted by Gasteiger charge is 2.21. The van der Waals surface area contributed by atoms with E-state index in [9.17, 15) is 9.18 Å². The van der Waals surface area contributed by atoms with Gasteiger partial charge in [0.2, 0.25) is 5.95 Å². The Hall–Kier alpha value is -4.65. The molecule has 0 radical (unpaired) electrons. The van der Waals surface area contributed by atoms with Gasteiger partial charge in [-0.15, -0.1) is 0 Å². The Kier molecular flexibility index (Phi) is 5.20. The fourth-order valence-electron chi connectivity index (χ4n) is 3.65. The van der Waals surface area contributed by atoms with Crippen LogP contribution in [0.15, 0.2) is 36.8 Å². The third-order valence-corrected chi connectivity index (χ3v) is 5.26. The quantitative estimate of drug-likeness (QED) is 0.389. The lowest BCUT2D eigenvalue weighted by molar-refractivity contribution is 0.0963. The molecule has 12 nitrogen and oxygen atoms in total. The van der Waals surface area contributed by atoms with Gasteiger partial charge in [-0.1, -0.05) is 0 Å². The summed E-state index contributed by atoms with van der Waals surface area (Å²) in [5.41, 5.74) is 1.40. The predicted octanol–water partition coefficient (Wildman–Crippen LogP) is 2.69. The number of rotatable bonds is 3. The fourth-order valence-corrected chi connectivity index (χ4v) is 3.65. The van der Waals surface area contributed by atoms with Crippen molar-refractivity contribution in [1.82, 2.24) is 35.0 Å². The Morgan fingerprint density at radius 3 is 2.92 bits per heavy atom. The zero-order chi connectivity index (χ0) is 27.7. The number of ether oxygens (including phenoxy) is 2. The molecule has 0 aliphatic carbocycles. The number of nitrogens with one attached hydrogen (secondary N) is 3. The van der Waals surface area contributed by atoms with Crippen molar-refractivity contribution in [3.63, 3.8) is 0 Å². The highest BCUT2D eigenvalue weighted by atomic mass is 19.1. The molecule has 36 heavy (non-hydrogen) atoms. The van der Waals surface area contributed by atoms with E-state index in [4.69, 9.17) is 13.6 Å². The molecule has 5 rings (SSSR count). The smallest absolute Gasteiger partial charge is 0.256 e. The zero-order valence-electron chi connectivity index (χ0n) is 22.2. The van der Waals surface area contributed by atoms with Crippen LogP contribution in [0.25, 0.3) is 11.4 Å². The molecule has 4 aromatic rings. The van der Waals surface area contributed by atoms with Gasteiger partial charge in [0.15, 0.2) is 11.6 Å². The van der Waals surface area contributed by atoms with Gasteiger partial charge in [-0.25, -0.2) is 19.3 Å². The van der Waals surface area contributed by atoms with Gasteiger partial charge < -0.3 is 25.4 Å². The number of anilines is 4. The minimum absolute atomic E-state index is 0.00714. The van der Waals surface area contributed by atoms with E-state index >= 15 is 0 Å². The van der Waals surface area contributed by atoms with Crippen LogP contribution in [0.2, 0.25) is 0 Å². The first kappa shape index (κ1) is 19.6. The van der Waals surface area contributed by atoms with Crippen LogP contribution in [0.4, 0.5) is 27.7 Å². The van der Waals surface area contributed by atoms with Crippen molar-refractivity contribution in [2.45, 2.75) is 13.2 Å². The number of pyridine rings is 1. The van der Waals surface area contributed by atoms with E-state index in [2.05, 4.69) is 35.7 Å². The summed E-state index contributed by atoms with van der Waals surface area (Å²) in [6, 6.07) is 6.08. The number of aryl methyl sites for hydroxylation is 1. The van der Waals surface area contributed by atoms with E-state index < -0.39 is 18.7 Å². The number of hydrogen-bond donors (Lipinski definition) is 3. The second kappa shape index (κ2) is 9.54. The number of nitrogens with zero attached hydrogens (tertiary/aromatic N) is 6. The minimum Gasteiger partial charge on any atom is -0.494 e. The van der Waals surface area contributed by atoms with Crippen molar-refractivity contribution in [1.29, 1.82) is 0 Å². The lowest BCUT2D eigenvalue weighted by atomic mass is 10.1. The molecular formula is C23H22FN9O3. The first-order valence-corrected chi connectivity index (χ1v) is 10.6. The minimum atomic E-state index is -2.75. The summed E-state index contributed by atoms with van der Waals surface area (Å²) in [5.74, 6) is -0.606. The summed E-state index contributed by atoms with van der Waals surface area (Å²) < 4.78 is 49.7. The Labute approximate surface area is 209 Å². The van der Waals surface area contributed by atoms with Gasteiger partial charge in [0.05, 0.1) is 31.6 Å². The van der Waals surface area contributed by atoms with Gasteiger partial charge in [0.25, 0.3) is 5.91 Å². The average Bonchev–Trinajstić information content (AvgIpc) is 3.30. The third-order valence-electron chi connectivity index (χ3n) is 5.26. The molecule has 0 saturated carbocycles. The summed E-state index contributed by atoms with van der Waals surface area (Å²) in [6.45, 7) is -2.81. The number of fused-ring (bicyclic) bond motifs is 6. The molecule has 0 spiro atoms. The normalized spacial score (nSPS) is 14.2. The molecule has 1 aliphatic rings. The molecule has 184 valence electrons. The Morgan fingerprint density at radius 2 is 2.14 bits per heavy atom. The summed E-state index contributed by atoms with van der Waals surface area (Å²) >= 11 is 0. The molecule has 6 bridgehead atoms. The van der Waals surface area contributed by atoms with Crippen molar-refractivity contribution in [2.24, 2.45) is 7.05 Å². The second-order valence-electron chi connectivity index (χ2n) is 7.74. The van der Waals surface area contributed by atoms with Crippen LogP contribution in [-0.2, 0) is 25.0 Å². The summed E-state index contributed by atoms with van der Waals surface area (Å²) in [7, 11) is 3.17. The Morgan fingerprint density at radius 1 is 1.25 bits per heavy atom. The molecular weight excluding hydrogens is 469 g/mol. The van der Waals surface area contributed by atoms with Gasteiger partial charge >= 0.3 is 0 Å². The fraction of sp³-hybridized carbons (Fsp3) is 0.217. The molecule has 1 aliphatic heterocycles. The lowest BCUT2D eigenvalue weighted by Gasteiger charge is -2.18. The molecule has 4 heterocycles. The topological polar surface area (TPSA) is 141 Å². The molecule has 3 N–H and O–H groups in total. The number of amides is 1. The molecule has 1 aromatic carbocycles. The summed E-state index contributed by atoms with van der Waals surface area (Å²) in [6.07, 6.45) is 2.69. The summed E-state index contributed by atoms with van der Waals surface area (Å²) in [5, 5.41) is 12.2. The monoisotopic (exact) mass is 494 g/mol. The molecule has 1 amide bonds. The highest BCUT2D eigenvalue weighted by Crippen LogP contribution is 2.38. The maximum Gasteiger partial charge on any atom is 0.256 e. The molecule has 0 atom stereocenters. The predicted molar refractivity (Wildman–Crippen MR) is 128 cm³/mol. The first-order valence-electron chi connectivity index (χ1n) is 12.1. The van der Waals surface area contributed by atoms with Gasteiger partial charge in [-0.2, -0.15) is 10.1 Å². The maximum atomic E-state index is 14.4. The largest absolute Gasteiger partial charge is 0.494 e. The second-order valence-corrected chi connectivity index (χ2v) is 7.74. The number of halogens is 1. The summed E-state index contributed by atoms with van der Waals surface area (Å²) in [4.78, 5) is 29.9. The first-order chi connectivity index (χ1) is 18.6. The van der Waals surface area contributed by atoms with Crippen molar-refractivity contribution < 1.29 is 22.8 Å². The molecule has 0 saturated heterocycles. The van der Waals surface area contributed by atoms with Gasteiger partial charge in [0.1, 0.15) is 35.0 Å². The lowest BCUT2D eigenvalue weighted by Crippen LogP contribution is -2.20. The van der Waals surface area contributed by atoms with Crippen molar-refractivity contribution in [3.8, 4) is 17.1 Å². The van der Waals surface area contributed by atoms with Crippen molar-refractivity contribution in [2.75, 3.05) is 24.7 Å². The van der Waals surface area contributed by atoms with Gasteiger partial charge in [0, 0.05) is 24.3 Å².